The third-order valence-corrected chi connectivity index (χ3v) is 2.64. The number of hydrogen-bond acceptors (Lipinski definition) is 4. The van der Waals surface area contributed by atoms with E-state index >= 15 is 0 Å². The summed E-state index contributed by atoms with van der Waals surface area (Å²) < 4.78 is 11.2. The molecule has 1 aromatic heterocycles. The summed E-state index contributed by atoms with van der Waals surface area (Å²) in [5.74, 6) is 0.653. The summed E-state index contributed by atoms with van der Waals surface area (Å²) in [5, 5.41) is 3.37. The van der Waals surface area contributed by atoms with E-state index in [9.17, 15) is 0 Å². The molecule has 0 aliphatic rings. The molecule has 1 N–H and O–H groups in total. The standard InChI is InChI=1S/C15H26N2O2/c1-6-16-12(2)13-7-8-17-14(11-13)18-9-10-19-15(3,4)5/h7-8,11-12,16H,6,9-10H2,1-5H3. The molecule has 108 valence electrons. The molecule has 1 rings (SSSR count). The lowest BCUT2D eigenvalue weighted by atomic mass is 10.1. The van der Waals surface area contributed by atoms with Gasteiger partial charge in [0.2, 0.25) is 5.88 Å². The molecule has 1 aromatic rings. The van der Waals surface area contributed by atoms with Gasteiger partial charge in [0.05, 0.1) is 12.2 Å². The number of rotatable bonds is 7. The van der Waals surface area contributed by atoms with Crippen LogP contribution >= 0.6 is 0 Å². The number of ether oxygens (including phenoxy) is 2. The van der Waals surface area contributed by atoms with Crippen molar-refractivity contribution < 1.29 is 9.47 Å². The second-order valence-corrected chi connectivity index (χ2v) is 5.52. The van der Waals surface area contributed by atoms with Crippen molar-refractivity contribution in [1.82, 2.24) is 10.3 Å². The van der Waals surface area contributed by atoms with E-state index in [0.29, 0.717) is 25.1 Å². The molecule has 0 amide bonds. The lowest BCUT2D eigenvalue weighted by molar-refractivity contribution is -0.0168. The summed E-state index contributed by atoms with van der Waals surface area (Å²) in [6, 6.07) is 4.29. The van der Waals surface area contributed by atoms with Crippen LogP contribution < -0.4 is 10.1 Å². The average molecular weight is 266 g/mol. The third kappa shape index (κ3) is 6.55. The van der Waals surface area contributed by atoms with E-state index in [1.165, 1.54) is 5.56 Å². The van der Waals surface area contributed by atoms with Gasteiger partial charge in [-0.1, -0.05) is 6.92 Å². The first-order chi connectivity index (χ1) is 8.92. The largest absolute Gasteiger partial charge is 0.475 e. The Bertz CT molecular complexity index is 375. The minimum absolute atomic E-state index is 0.127. The Morgan fingerprint density at radius 1 is 1.32 bits per heavy atom. The number of hydrogen-bond donors (Lipinski definition) is 1. The van der Waals surface area contributed by atoms with Gasteiger partial charge in [0.1, 0.15) is 6.61 Å². The lowest BCUT2D eigenvalue weighted by Gasteiger charge is -2.19. The highest BCUT2D eigenvalue weighted by atomic mass is 16.5. The Morgan fingerprint density at radius 3 is 2.68 bits per heavy atom. The molecule has 19 heavy (non-hydrogen) atoms. The van der Waals surface area contributed by atoms with Crippen molar-refractivity contribution in [3.8, 4) is 5.88 Å². The zero-order valence-corrected chi connectivity index (χ0v) is 12.7. The number of nitrogens with zero attached hydrogens (tertiary/aromatic N) is 1. The van der Waals surface area contributed by atoms with Crippen molar-refractivity contribution in [3.63, 3.8) is 0 Å². The van der Waals surface area contributed by atoms with E-state index in [1.807, 2.05) is 32.9 Å². The van der Waals surface area contributed by atoms with Gasteiger partial charge in [0.15, 0.2) is 0 Å². The minimum Gasteiger partial charge on any atom is -0.475 e. The van der Waals surface area contributed by atoms with E-state index in [1.54, 1.807) is 6.20 Å². The van der Waals surface area contributed by atoms with Crippen molar-refractivity contribution in [3.05, 3.63) is 23.9 Å². The summed E-state index contributed by atoms with van der Waals surface area (Å²) in [6.07, 6.45) is 1.78. The molecular weight excluding hydrogens is 240 g/mol. The highest BCUT2D eigenvalue weighted by Gasteiger charge is 2.10. The smallest absolute Gasteiger partial charge is 0.213 e. The molecule has 0 aliphatic carbocycles. The molecule has 0 radical (unpaired) electrons. The Morgan fingerprint density at radius 2 is 2.05 bits per heavy atom. The maximum absolute atomic E-state index is 5.61. The monoisotopic (exact) mass is 266 g/mol. The molecular formula is C15H26N2O2. The van der Waals surface area contributed by atoms with E-state index in [-0.39, 0.29) is 5.60 Å². The number of pyridine rings is 1. The number of nitrogens with one attached hydrogen (secondary N) is 1. The van der Waals surface area contributed by atoms with E-state index in [4.69, 9.17) is 9.47 Å². The normalized spacial score (nSPS) is 13.3. The Hall–Kier alpha value is -1.13. The third-order valence-electron chi connectivity index (χ3n) is 2.64. The summed E-state index contributed by atoms with van der Waals surface area (Å²) in [4.78, 5) is 4.21. The van der Waals surface area contributed by atoms with Gasteiger partial charge in [-0.05, 0) is 45.9 Å². The molecule has 1 unspecified atom stereocenters. The molecule has 0 aromatic carbocycles. The molecule has 0 bridgehead atoms. The van der Waals surface area contributed by atoms with Crippen LogP contribution in [0.3, 0.4) is 0 Å². The first-order valence-electron chi connectivity index (χ1n) is 6.88. The zero-order valence-electron chi connectivity index (χ0n) is 12.7. The van der Waals surface area contributed by atoms with Crippen LogP contribution in [-0.4, -0.2) is 30.3 Å². The fraction of sp³-hybridized carbons (Fsp3) is 0.667. The van der Waals surface area contributed by atoms with Crippen LogP contribution in [0, 0.1) is 0 Å². The maximum atomic E-state index is 5.61. The first-order valence-corrected chi connectivity index (χ1v) is 6.88. The summed E-state index contributed by atoms with van der Waals surface area (Å²) in [6.45, 7) is 12.3. The zero-order chi connectivity index (χ0) is 14.3. The van der Waals surface area contributed by atoms with Gasteiger partial charge in [-0.2, -0.15) is 0 Å². The van der Waals surface area contributed by atoms with Crippen molar-refractivity contribution in [1.29, 1.82) is 0 Å². The van der Waals surface area contributed by atoms with Crippen LogP contribution in [0.25, 0.3) is 0 Å². The van der Waals surface area contributed by atoms with Crippen LogP contribution in [0.1, 0.15) is 46.2 Å². The Balaban J connectivity index is 2.44. The summed E-state index contributed by atoms with van der Waals surface area (Å²) in [7, 11) is 0. The fourth-order valence-corrected chi connectivity index (χ4v) is 1.69. The van der Waals surface area contributed by atoms with Crippen LogP contribution in [0.2, 0.25) is 0 Å². The van der Waals surface area contributed by atoms with Gasteiger partial charge < -0.3 is 14.8 Å². The van der Waals surface area contributed by atoms with Crippen LogP contribution in [0.5, 0.6) is 5.88 Å². The van der Waals surface area contributed by atoms with Gasteiger partial charge in [-0.15, -0.1) is 0 Å². The van der Waals surface area contributed by atoms with Gasteiger partial charge in [-0.25, -0.2) is 4.98 Å². The molecule has 4 nitrogen and oxygen atoms in total. The predicted octanol–water partition coefficient (Wildman–Crippen LogP) is 2.95. The Labute approximate surface area is 116 Å². The molecule has 1 heterocycles. The lowest BCUT2D eigenvalue weighted by Crippen LogP contribution is -2.22. The van der Waals surface area contributed by atoms with Gasteiger partial charge >= 0.3 is 0 Å². The van der Waals surface area contributed by atoms with Crippen LogP contribution in [-0.2, 0) is 4.74 Å². The van der Waals surface area contributed by atoms with Crippen LogP contribution in [0.15, 0.2) is 18.3 Å². The first kappa shape index (κ1) is 15.9. The second-order valence-electron chi connectivity index (χ2n) is 5.52. The molecule has 1 atom stereocenters. The van der Waals surface area contributed by atoms with Gasteiger partial charge in [0.25, 0.3) is 0 Å². The van der Waals surface area contributed by atoms with E-state index in [0.717, 1.165) is 6.54 Å². The van der Waals surface area contributed by atoms with Crippen LogP contribution in [0.4, 0.5) is 0 Å². The second kappa shape index (κ2) is 7.46. The van der Waals surface area contributed by atoms with Crippen molar-refractivity contribution in [2.24, 2.45) is 0 Å². The topological polar surface area (TPSA) is 43.4 Å². The van der Waals surface area contributed by atoms with Crippen molar-refractivity contribution >= 4 is 0 Å². The molecule has 0 saturated carbocycles. The summed E-state index contributed by atoms with van der Waals surface area (Å²) in [5.41, 5.74) is 1.06. The molecule has 0 fully saturated rings. The average Bonchev–Trinajstić information content (AvgIpc) is 2.34. The maximum Gasteiger partial charge on any atom is 0.213 e. The summed E-state index contributed by atoms with van der Waals surface area (Å²) >= 11 is 0. The van der Waals surface area contributed by atoms with Crippen molar-refractivity contribution in [2.45, 2.75) is 46.3 Å². The van der Waals surface area contributed by atoms with E-state index < -0.39 is 0 Å². The SMILES string of the molecule is CCNC(C)c1ccnc(OCCOC(C)(C)C)c1. The predicted molar refractivity (Wildman–Crippen MR) is 77.5 cm³/mol. The molecule has 0 saturated heterocycles. The number of aromatic nitrogens is 1. The van der Waals surface area contributed by atoms with Gasteiger partial charge in [0, 0.05) is 18.3 Å². The molecule has 4 heteroatoms. The highest BCUT2D eigenvalue weighted by molar-refractivity contribution is 5.23. The van der Waals surface area contributed by atoms with Crippen molar-refractivity contribution in [2.75, 3.05) is 19.8 Å². The highest BCUT2D eigenvalue weighted by Crippen LogP contribution is 2.16. The minimum atomic E-state index is -0.127. The molecule has 0 aliphatic heterocycles. The van der Waals surface area contributed by atoms with Gasteiger partial charge in [-0.3, -0.25) is 0 Å². The Kier molecular flexibility index (Phi) is 6.25. The quantitative estimate of drug-likeness (QED) is 0.771. The molecule has 0 spiro atoms. The fourth-order valence-electron chi connectivity index (χ4n) is 1.69. The van der Waals surface area contributed by atoms with E-state index in [2.05, 4.69) is 24.1 Å².